The van der Waals surface area contributed by atoms with Crippen molar-refractivity contribution >= 4 is 41.0 Å². The Morgan fingerprint density at radius 2 is 1.79 bits per heavy atom. The molecule has 10 heteroatoms. The first kappa shape index (κ1) is 20.5. The molecule has 3 rings (SSSR count). The molecule has 0 aliphatic carbocycles. The Labute approximate surface area is 166 Å². The third-order valence-corrected chi connectivity index (χ3v) is 5.66. The summed E-state index contributed by atoms with van der Waals surface area (Å²) < 4.78 is 51.0. The van der Waals surface area contributed by atoms with Gasteiger partial charge in [-0.3, -0.25) is 9.59 Å². The Morgan fingerprint density at radius 3 is 2.43 bits per heavy atom. The van der Waals surface area contributed by atoms with E-state index in [1.807, 2.05) is 0 Å². The maximum atomic E-state index is 13.7. The zero-order valence-corrected chi connectivity index (χ0v) is 15.8. The Bertz CT molecular complexity index is 875. The lowest BCUT2D eigenvalue weighted by Crippen LogP contribution is -2.44. The van der Waals surface area contributed by atoms with Crippen LogP contribution in [-0.2, 0) is 4.79 Å². The summed E-state index contributed by atoms with van der Waals surface area (Å²) in [5.74, 6) is -0.978. The molecule has 0 bridgehead atoms. The molecule has 1 saturated heterocycles. The number of anilines is 1. The summed E-state index contributed by atoms with van der Waals surface area (Å²) >= 11 is 1.10. The number of hydrogen-bond donors (Lipinski definition) is 1. The quantitative estimate of drug-likeness (QED) is 0.569. The Hall–Kier alpha value is -2.20. The molecule has 0 spiro atoms. The van der Waals surface area contributed by atoms with Crippen molar-refractivity contribution in [3.8, 4) is 0 Å². The first-order valence-corrected chi connectivity index (χ1v) is 10.0. The third-order valence-electron chi connectivity index (χ3n) is 3.91. The van der Waals surface area contributed by atoms with Gasteiger partial charge in [-0.2, -0.15) is 13.2 Å². The smallest absolute Gasteiger partial charge is 0.322 e. The number of carbonyl (C=O) groups is 2. The largest absolute Gasteiger partial charge is 0.446 e. The number of amides is 2. The van der Waals surface area contributed by atoms with E-state index in [4.69, 9.17) is 0 Å². The number of para-hydroxylation sites is 1. The van der Waals surface area contributed by atoms with E-state index in [-0.39, 0.29) is 33.8 Å². The molecule has 1 atom stereocenters. The van der Waals surface area contributed by atoms with E-state index >= 15 is 0 Å². The minimum absolute atomic E-state index is 0.0188. The lowest BCUT2D eigenvalue weighted by atomic mass is 10.1. The molecule has 1 fully saturated rings. The normalized spacial score (nSPS) is 16.9. The van der Waals surface area contributed by atoms with Gasteiger partial charge in [-0.15, -0.1) is 11.8 Å². The van der Waals surface area contributed by atoms with E-state index in [1.165, 1.54) is 59.1 Å². The van der Waals surface area contributed by atoms with Gasteiger partial charge in [0, 0.05) is 16.2 Å². The molecule has 2 aromatic rings. The van der Waals surface area contributed by atoms with Crippen LogP contribution in [0.5, 0.6) is 0 Å². The van der Waals surface area contributed by atoms with Gasteiger partial charge < -0.3 is 10.2 Å². The predicted octanol–water partition coefficient (Wildman–Crippen LogP) is 4.59. The summed E-state index contributed by atoms with van der Waals surface area (Å²) in [6.45, 7) is 0. The molecule has 2 aromatic carbocycles. The van der Waals surface area contributed by atoms with Crippen LogP contribution in [0.4, 0.5) is 23.2 Å². The van der Waals surface area contributed by atoms with Crippen LogP contribution >= 0.6 is 23.5 Å². The molecular weight excluding hydrogens is 416 g/mol. The van der Waals surface area contributed by atoms with Crippen molar-refractivity contribution in [2.45, 2.75) is 16.4 Å². The van der Waals surface area contributed by atoms with Gasteiger partial charge in [0.15, 0.2) is 0 Å². The van der Waals surface area contributed by atoms with Gasteiger partial charge in [0.1, 0.15) is 11.9 Å². The Morgan fingerprint density at radius 1 is 1.11 bits per heavy atom. The highest BCUT2D eigenvalue weighted by Gasteiger charge is 2.35. The summed E-state index contributed by atoms with van der Waals surface area (Å²) in [6, 6.07) is 9.91. The van der Waals surface area contributed by atoms with Crippen molar-refractivity contribution in [2.24, 2.45) is 0 Å². The van der Waals surface area contributed by atoms with Gasteiger partial charge in [0.2, 0.25) is 5.91 Å². The van der Waals surface area contributed by atoms with E-state index in [9.17, 15) is 27.2 Å². The number of nitrogens with one attached hydrogen (secondary N) is 1. The monoisotopic (exact) mass is 430 g/mol. The van der Waals surface area contributed by atoms with Crippen molar-refractivity contribution in [3.63, 3.8) is 0 Å². The first-order valence-electron chi connectivity index (χ1n) is 8.04. The molecule has 0 aromatic heterocycles. The van der Waals surface area contributed by atoms with Crippen molar-refractivity contribution < 1.29 is 27.2 Å². The molecule has 1 aliphatic heterocycles. The summed E-state index contributed by atoms with van der Waals surface area (Å²) in [7, 11) is 0. The minimum atomic E-state index is -4.41. The number of rotatable bonds is 4. The number of benzene rings is 2. The van der Waals surface area contributed by atoms with Crippen molar-refractivity contribution in [2.75, 3.05) is 16.9 Å². The molecule has 4 nitrogen and oxygen atoms in total. The summed E-state index contributed by atoms with van der Waals surface area (Å²) in [5, 5.41) is 2.47. The first-order chi connectivity index (χ1) is 13.2. The highest BCUT2D eigenvalue weighted by Crippen LogP contribution is 2.37. The van der Waals surface area contributed by atoms with Crippen LogP contribution in [0.3, 0.4) is 0 Å². The lowest BCUT2D eigenvalue weighted by Gasteiger charge is -2.23. The number of halogens is 4. The Balaban J connectivity index is 1.70. The molecule has 1 N–H and O–H groups in total. The van der Waals surface area contributed by atoms with Gasteiger partial charge in [-0.25, -0.2) is 4.39 Å². The second-order valence-electron chi connectivity index (χ2n) is 5.83. The minimum Gasteiger partial charge on any atom is -0.322 e. The molecule has 0 radical (unpaired) electrons. The number of alkyl halides is 3. The number of thioether (sulfide) groups is 2. The lowest BCUT2D eigenvalue weighted by molar-refractivity contribution is -0.119. The SMILES string of the molecule is O=C(Nc1ccccc1F)C1CSCN1C(=O)c1ccc(SC(F)(F)F)cc1. The number of nitrogens with zero attached hydrogens (tertiary/aromatic N) is 1. The zero-order chi connectivity index (χ0) is 20.3. The summed E-state index contributed by atoms with van der Waals surface area (Å²) in [6.07, 6.45) is 0. The maximum Gasteiger partial charge on any atom is 0.446 e. The van der Waals surface area contributed by atoms with Crippen molar-refractivity contribution in [1.82, 2.24) is 4.90 Å². The molecule has 1 heterocycles. The van der Waals surface area contributed by atoms with Crippen LogP contribution < -0.4 is 5.32 Å². The molecule has 1 aliphatic rings. The van der Waals surface area contributed by atoms with Crippen LogP contribution in [0, 0.1) is 5.82 Å². The summed E-state index contributed by atoms with van der Waals surface area (Å²) in [5.41, 5.74) is -4.21. The maximum absolute atomic E-state index is 13.7. The van der Waals surface area contributed by atoms with Crippen LogP contribution in [0.1, 0.15) is 10.4 Å². The van der Waals surface area contributed by atoms with Crippen molar-refractivity contribution in [1.29, 1.82) is 0 Å². The molecule has 148 valence electrons. The van der Waals surface area contributed by atoms with Gasteiger partial charge in [-0.05, 0) is 48.2 Å². The molecule has 1 unspecified atom stereocenters. The molecule has 28 heavy (non-hydrogen) atoms. The highest BCUT2D eigenvalue weighted by molar-refractivity contribution is 8.00. The van der Waals surface area contributed by atoms with Crippen LogP contribution in [0.25, 0.3) is 0 Å². The second kappa shape index (κ2) is 8.44. The highest BCUT2D eigenvalue weighted by atomic mass is 32.2. The third kappa shape index (κ3) is 4.99. The standard InChI is InChI=1S/C18H14F4N2O2S2/c19-13-3-1-2-4-14(13)23-16(25)15-9-27-10-24(15)17(26)11-5-7-12(8-6-11)28-18(20,21)22/h1-8,15H,9-10H2,(H,23,25). The molecular formula is C18H14F4N2O2S2. The van der Waals surface area contributed by atoms with Crippen LogP contribution in [0.2, 0.25) is 0 Å². The Kier molecular flexibility index (Phi) is 6.19. The fraction of sp³-hybridized carbons (Fsp3) is 0.222. The topological polar surface area (TPSA) is 49.4 Å². The van der Waals surface area contributed by atoms with Crippen molar-refractivity contribution in [3.05, 3.63) is 59.9 Å². The van der Waals surface area contributed by atoms with E-state index in [0.29, 0.717) is 5.75 Å². The van der Waals surface area contributed by atoms with Gasteiger partial charge in [0.25, 0.3) is 5.91 Å². The average molecular weight is 430 g/mol. The fourth-order valence-electron chi connectivity index (χ4n) is 2.60. The van der Waals surface area contributed by atoms with E-state index in [1.54, 1.807) is 6.07 Å². The molecule has 0 saturated carbocycles. The van der Waals surface area contributed by atoms with Gasteiger partial charge in [0.05, 0.1) is 11.6 Å². The predicted molar refractivity (Wildman–Crippen MR) is 101 cm³/mol. The average Bonchev–Trinajstić information content (AvgIpc) is 3.12. The zero-order valence-electron chi connectivity index (χ0n) is 14.2. The van der Waals surface area contributed by atoms with Crippen LogP contribution in [-0.4, -0.2) is 39.9 Å². The summed E-state index contributed by atoms with van der Waals surface area (Å²) in [4.78, 5) is 26.5. The fourth-order valence-corrected chi connectivity index (χ4v) is 4.30. The van der Waals surface area contributed by atoms with E-state index in [2.05, 4.69) is 5.32 Å². The second-order valence-corrected chi connectivity index (χ2v) is 7.97. The van der Waals surface area contributed by atoms with Gasteiger partial charge >= 0.3 is 5.51 Å². The van der Waals surface area contributed by atoms with E-state index < -0.39 is 29.2 Å². The van der Waals surface area contributed by atoms with Gasteiger partial charge in [-0.1, -0.05) is 12.1 Å². The van der Waals surface area contributed by atoms with Crippen LogP contribution in [0.15, 0.2) is 53.4 Å². The number of carbonyl (C=O) groups excluding carboxylic acids is 2. The van der Waals surface area contributed by atoms with E-state index in [0.717, 1.165) is 0 Å². The number of hydrogen-bond acceptors (Lipinski definition) is 4. The molecule has 2 amide bonds.